The summed E-state index contributed by atoms with van der Waals surface area (Å²) in [5.41, 5.74) is 9.64. The average molecular weight is 282 g/mol. The van der Waals surface area contributed by atoms with E-state index in [0.29, 0.717) is 5.92 Å². The minimum Gasteiger partial charge on any atom is -0.271 e. The summed E-state index contributed by atoms with van der Waals surface area (Å²) in [6.07, 6.45) is 1.05. The molecule has 0 aliphatic carbocycles. The van der Waals surface area contributed by atoms with E-state index >= 15 is 0 Å². The fourth-order valence-electron chi connectivity index (χ4n) is 3.10. The summed E-state index contributed by atoms with van der Waals surface area (Å²) >= 11 is 0. The predicted molar refractivity (Wildman–Crippen MR) is 90.2 cm³/mol. The van der Waals surface area contributed by atoms with Crippen molar-refractivity contribution in [2.24, 2.45) is 5.84 Å². The first-order valence-corrected chi connectivity index (χ1v) is 7.67. The molecule has 0 heterocycles. The molecule has 0 spiro atoms. The summed E-state index contributed by atoms with van der Waals surface area (Å²) in [5.74, 6) is 6.30. The van der Waals surface area contributed by atoms with Crippen molar-refractivity contribution < 1.29 is 0 Å². The van der Waals surface area contributed by atoms with E-state index in [-0.39, 0.29) is 6.04 Å². The number of nitrogens with one attached hydrogen (secondary N) is 1. The quantitative estimate of drug-likeness (QED) is 0.633. The van der Waals surface area contributed by atoms with Gasteiger partial charge in [-0.15, -0.1) is 0 Å². The molecule has 2 aromatic carbocycles. The van der Waals surface area contributed by atoms with E-state index in [1.54, 1.807) is 0 Å². The van der Waals surface area contributed by atoms with Gasteiger partial charge in [-0.3, -0.25) is 11.3 Å². The Morgan fingerprint density at radius 3 is 2.14 bits per heavy atom. The Balaban J connectivity index is 2.45. The summed E-state index contributed by atoms with van der Waals surface area (Å²) in [6, 6.07) is 15.3. The van der Waals surface area contributed by atoms with Gasteiger partial charge in [-0.1, -0.05) is 49.4 Å². The Bertz CT molecular complexity index is 590. The van der Waals surface area contributed by atoms with Crippen molar-refractivity contribution in [2.45, 2.75) is 46.1 Å². The van der Waals surface area contributed by atoms with Crippen LogP contribution in [0.1, 0.15) is 53.1 Å². The summed E-state index contributed by atoms with van der Waals surface area (Å²) in [5, 5.41) is 0. The number of aryl methyl sites for hydroxylation is 3. The highest BCUT2D eigenvalue weighted by Crippen LogP contribution is 2.35. The minimum absolute atomic E-state index is 0.136. The van der Waals surface area contributed by atoms with E-state index < -0.39 is 0 Å². The van der Waals surface area contributed by atoms with Gasteiger partial charge in [-0.2, -0.15) is 0 Å². The molecule has 0 radical (unpaired) electrons. The number of hydrogen-bond acceptors (Lipinski definition) is 2. The summed E-state index contributed by atoms with van der Waals surface area (Å²) < 4.78 is 0. The van der Waals surface area contributed by atoms with E-state index in [1.165, 1.54) is 27.8 Å². The van der Waals surface area contributed by atoms with E-state index in [9.17, 15) is 0 Å². The van der Waals surface area contributed by atoms with Crippen LogP contribution in [0.2, 0.25) is 0 Å². The van der Waals surface area contributed by atoms with Gasteiger partial charge < -0.3 is 0 Å². The molecule has 2 aromatic rings. The van der Waals surface area contributed by atoms with Crippen LogP contribution in [0.3, 0.4) is 0 Å². The molecule has 112 valence electrons. The number of hydrazine groups is 1. The van der Waals surface area contributed by atoms with Gasteiger partial charge >= 0.3 is 0 Å². The monoisotopic (exact) mass is 282 g/mol. The Kier molecular flexibility index (Phi) is 5.16. The van der Waals surface area contributed by atoms with Crippen molar-refractivity contribution in [3.63, 3.8) is 0 Å². The smallest absolute Gasteiger partial charge is 0.0531 e. The van der Waals surface area contributed by atoms with Crippen LogP contribution in [0.5, 0.6) is 0 Å². The second-order valence-corrected chi connectivity index (χ2v) is 5.86. The van der Waals surface area contributed by atoms with Gasteiger partial charge in [0.1, 0.15) is 0 Å². The lowest BCUT2D eigenvalue weighted by atomic mass is 9.83. The summed E-state index contributed by atoms with van der Waals surface area (Å²) in [7, 11) is 0. The van der Waals surface area contributed by atoms with Gasteiger partial charge in [0, 0.05) is 5.92 Å². The van der Waals surface area contributed by atoms with Crippen LogP contribution in [-0.4, -0.2) is 0 Å². The lowest BCUT2D eigenvalue weighted by Crippen LogP contribution is -2.33. The minimum atomic E-state index is 0.136. The molecule has 2 nitrogen and oxygen atoms in total. The molecule has 2 unspecified atom stereocenters. The molecular formula is C19H26N2. The first kappa shape index (κ1) is 15.7. The third-order valence-electron chi connectivity index (χ3n) is 4.47. The van der Waals surface area contributed by atoms with Gasteiger partial charge in [0.05, 0.1) is 6.04 Å². The standard InChI is InChI=1S/C19H26N2/c1-5-17(16-9-7-6-8-10-16)19(21-20)18-12-14(3)13(2)11-15(18)4/h6-12,17,19,21H,5,20H2,1-4H3. The third kappa shape index (κ3) is 3.34. The molecule has 3 N–H and O–H groups in total. The topological polar surface area (TPSA) is 38.0 Å². The van der Waals surface area contributed by atoms with Crippen LogP contribution in [-0.2, 0) is 0 Å². The molecule has 0 amide bonds. The maximum atomic E-state index is 5.93. The van der Waals surface area contributed by atoms with E-state index in [2.05, 4.69) is 75.6 Å². The first-order chi connectivity index (χ1) is 10.1. The number of nitrogens with two attached hydrogens (primary N) is 1. The lowest BCUT2D eigenvalue weighted by Gasteiger charge is -2.28. The second-order valence-electron chi connectivity index (χ2n) is 5.86. The van der Waals surface area contributed by atoms with Crippen molar-refractivity contribution >= 4 is 0 Å². The average Bonchev–Trinajstić information content (AvgIpc) is 2.50. The third-order valence-corrected chi connectivity index (χ3v) is 4.47. The second kappa shape index (κ2) is 6.88. The van der Waals surface area contributed by atoms with Crippen molar-refractivity contribution in [1.29, 1.82) is 0 Å². The first-order valence-electron chi connectivity index (χ1n) is 7.67. The van der Waals surface area contributed by atoms with Crippen LogP contribution in [0.4, 0.5) is 0 Å². The molecule has 0 aromatic heterocycles. The predicted octanol–water partition coefficient (Wildman–Crippen LogP) is 4.31. The van der Waals surface area contributed by atoms with Crippen LogP contribution in [0.25, 0.3) is 0 Å². The molecule has 2 rings (SSSR count). The van der Waals surface area contributed by atoms with Gasteiger partial charge in [-0.05, 0) is 55.0 Å². The Morgan fingerprint density at radius 2 is 1.57 bits per heavy atom. The normalized spacial score (nSPS) is 14.0. The van der Waals surface area contributed by atoms with Crippen LogP contribution >= 0.6 is 0 Å². The molecule has 2 heteroatoms. The fourth-order valence-corrected chi connectivity index (χ4v) is 3.10. The zero-order chi connectivity index (χ0) is 15.4. The lowest BCUT2D eigenvalue weighted by molar-refractivity contribution is 0.443. The van der Waals surface area contributed by atoms with Crippen molar-refractivity contribution in [3.8, 4) is 0 Å². The van der Waals surface area contributed by atoms with Crippen molar-refractivity contribution in [2.75, 3.05) is 0 Å². The molecule has 0 saturated heterocycles. The Labute approximate surface area is 128 Å². The molecule has 0 saturated carbocycles. The summed E-state index contributed by atoms with van der Waals surface area (Å²) in [4.78, 5) is 0. The van der Waals surface area contributed by atoms with E-state index in [4.69, 9.17) is 5.84 Å². The molecule has 0 aliphatic heterocycles. The van der Waals surface area contributed by atoms with Gasteiger partial charge in [0.15, 0.2) is 0 Å². The SMILES string of the molecule is CCC(c1ccccc1)C(NN)c1cc(C)c(C)cc1C. The highest BCUT2D eigenvalue weighted by Gasteiger charge is 2.24. The van der Waals surface area contributed by atoms with E-state index in [0.717, 1.165) is 6.42 Å². The summed E-state index contributed by atoms with van der Waals surface area (Å²) in [6.45, 7) is 8.71. The molecular weight excluding hydrogens is 256 g/mol. The zero-order valence-corrected chi connectivity index (χ0v) is 13.5. The molecule has 21 heavy (non-hydrogen) atoms. The molecule has 2 atom stereocenters. The Morgan fingerprint density at radius 1 is 0.952 bits per heavy atom. The largest absolute Gasteiger partial charge is 0.271 e. The van der Waals surface area contributed by atoms with Crippen LogP contribution < -0.4 is 11.3 Å². The van der Waals surface area contributed by atoms with Gasteiger partial charge in [0.25, 0.3) is 0 Å². The van der Waals surface area contributed by atoms with Gasteiger partial charge in [0.2, 0.25) is 0 Å². The number of benzene rings is 2. The van der Waals surface area contributed by atoms with Crippen LogP contribution in [0, 0.1) is 20.8 Å². The highest BCUT2D eigenvalue weighted by atomic mass is 15.2. The fraction of sp³-hybridized carbons (Fsp3) is 0.368. The maximum Gasteiger partial charge on any atom is 0.0531 e. The van der Waals surface area contributed by atoms with E-state index in [1.807, 2.05) is 0 Å². The molecule has 0 fully saturated rings. The number of hydrogen-bond donors (Lipinski definition) is 2. The maximum absolute atomic E-state index is 5.93. The van der Waals surface area contributed by atoms with Crippen molar-refractivity contribution in [1.82, 2.24) is 5.43 Å². The highest BCUT2D eigenvalue weighted by molar-refractivity contribution is 5.40. The van der Waals surface area contributed by atoms with Crippen molar-refractivity contribution in [3.05, 3.63) is 70.3 Å². The van der Waals surface area contributed by atoms with Gasteiger partial charge in [-0.25, -0.2) is 0 Å². The Hall–Kier alpha value is -1.64. The molecule has 0 bridgehead atoms. The molecule has 0 aliphatic rings. The zero-order valence-electron chi connectivity index (χ0n) is 13.5. The van der Waals surface area contributed by atoms with Crippen LogP contribution in [0.15, 0.2) is 42.5 Å². The number of rotatable bonds is 5.